The summed E-state index contributed by atoms with van der Waals surface area (Å²) in [4.78, 5) is 14.3. The second-order valence-corrected chi connectivity index (χ2v) is 7.79. The van der Waals surface area contributed by atoms with Crippen LogP contribution in [0.1, 0.15) is 21.5 Å². The van der Waals surface area contributed by atoms with Gasteiger partial charge in [0.05, 0.1) is 19.3 Å². The van der Waals surface area contributed by atoms with Gasteiger partial charge in [0.1, 0.15) is 0 Å². The highest BCUT2D eigenvalue weighted by molar-refractivity contribution is 7.18. The zero-order chi connectivity index (χ0) is 20.1. The van der Waals surface area contributed by atoms with E-state index in [1.807, 2.05) is 0 Å². The number of amides is 1. The SMILES string of the molecule is O=C(c1ccc2c(c1)C(O)(C(F)(F)P)c1ccccc1-2)N1CC(OCCO)C1. The van der Waals surface area contributed by atoms with E-state index >= 15 is 0 Å². The first-order valence-corrected chi connectivity index (χ1v) is 9.50. The summed E-state index contributed by atoms with van der Waals surface area (Å²) in [7, 11) is 1.42. The Morgan fingerprint density at radius 3 is 2.57 bits per heavy atom. The van der Waals surface area contributed by atoms with Crippen molar-refractivity contribution in [1.29, 1.82) is 0 Å². The number of aliphatic hydroxyl groups excluding tert-OH is 1. The molecule has 2 atom stereocenters. The number of halogens is 2. The minimum atomic E-state index is -3.52. The highest BCUT2D eigenvalue weighted by Gasteiger charge is 2.57. The molecule has 5 nitrogen and oxygen atoms in total. The molecule has 0 spiro atoms. The Kier molecular flexibility index (Phi) is 4.74. The van der Waals surface area contributed by atoms with Gasteiger partial charge in [0.2, 0.25) is 0 Å². The average Bonchev–Trinajstić information content (AvgIpc) is 2.90. The minimum absolute atomic E-state index is 0.0214. The molecule has 2 N–H and O–H groups in total. The molecule has 1 aliphatic heterocycles. The van der Waals surface area contributed by atoms with Gasteiger partial charge in [0, 0.05) is 29.8 Å². The Balaban J connectivity index is 1.67. The number of carbonyl (C=O) groups is 1. The summed E-state index contributed by atoms with van der Waals surface area (Å²) in [6.07, 6.45) is -0.136. The normalized spacial score (nSPS) is 21.2. The third kappa shape index (κ3) is 2.85. The molecule has 2 aromatic rings. The van der Waals surface area contributed by atoms with Gasteiger partial charge in [-0.3, -0.25) is 4.79 Å². The average molecular weight is 407 g/mol. The monoisotopic (exact) mass is 407 g/mol. The maximum absolute atomic E-state index is 14.5. The van der Waals surface area contributed by atoms with E-state index in [-0.39, 0.29) is 41.9 Å². The lowest BCUT2D eigenvalue weighted by Gasteiger charge is -2.39. The zero-order valence-electron chi connectivity index (χ0n) is 14.9. The Bertz CT molecular complexity index is 927. The summed E-state index contributed by atoms with van der Waals surface area (Å²) in [5, 5.41) is 19.8. The van der Waals surface area contributed by atoms with Gasteiger partial charge in [-0.05, 0) is 23.3 Å². The van der Waals surface area contributed by atoms with Gasteiger partial charge in [0.15, 0.2) is 5.60 Å². The lowest BCUT2D eigenvalue weighted by atomic mass is 9.90. The van der Waals surface area contributed by atoms with Gasteiger partial charge in [-0.1, -0.05) is 39.6 Å². The Morgan fingerprint density at radius 1 is 1.21 bits per heavy atom. The largest absolute Gasteiger partial charge is 0.394 e. The summed E-state index contributed by atoms with van der Waals surface area (Å²) >= 11 is 0. The highest BCUT2D eigenvalue weighted by Crippen LogP contribution is 2.56. The summed E-state index contributed by atoms with van der Waals surface area (Å²) < 4.78 is 34.3. The second-order valence-electron chi connectivity index (χ2n) is 7.07. The van der Waals surface area contributed by atoms with E-state index in [1.165, 1.54) is 21.4 Å². The molecule has 28 heavy (non-hydrogen) atoms. The van der Waals surface area contributed by atoms with Crippen LogP contribution in [0, 0.1) is 0 Å². The first kappa shape index (κ1) is 19.4. The number of alkyl halides is 2. The van der Waals surface area contributed by atoms with Crippen molar-refractivity contribution >= 4 is 15.1 Å². The fourth-order valence-electron chi connectivity index (χ4n) is 3.86. The standard InChI is InChI=1S/C20H20F2NO4P/c21-20(22,28)19(26)16-4-2-1-3-14(16)15-6-5-12(9-17(15)19)18(25)23-10-13(11-23)27-8-7-24/h1-6,9,13,24,26H,7-8,10-11,28H2. The van der Waals surface area contributed by atoms with Crippen LogP contribution in [0.3, 0.4) is 0 Å². The molecule has 1 amide bonds. The number of ether oxygens (including phenoxy) is 1. The van der Waals surface area contributed by atoms with Gasteiger partial charge in [0.25, 0.3) is 11.6 Å². The number of nitrogens with zero attached hydrogens (tertiary/aromatic N) is 1. The zero-order valence-corrected chi connectivity index (χ0v) is 16.1. The van der Waals surface area contributed by atoms with Crippen LogP contribution in [0.2, 0.25) is 0 Å². The maximum atomic E-state index is 14.5. The molecule has 2 aliphatic rings. The number of benzene rings is 2. The van der Waals surface area contributed by atoms with Gasteiger partial charge in [-0.2, -0.15) is 8.78 Å². The number of fused-ring (bicyclic) bond motifs is 3. The molecule has 148 valence electrons. The Hall–Kier alpha value is -1.92. The number of hydrogen-bond donors (Lipinski definition) is 2. The second kappa shape index (κ2) is 6.85. The van der Waals surface area contributed by atoms with E-state index in [4.69, 9.17) is 9.84 Å². The molecule has 0 radical (unpaired) electrons. The number of likely N-dealkylation sites (tertiary alicyclic amines) is 1. The van der Waals surface area contributed by atoms with E-state index in [0.29, 0.717) is 24.2 Å². The lowest BCUT2D eigenvalue weighted by molar-refractivity contribution is -0.0964. The molecule has 0 saturated carbocycles. The smallest absolute Gasteiger partial charge is 0.295 e. The van der Waals surface area contributed by atoms with Gasteiger partial charge < -0.3 is 19.8 Å². The molecule has 1 heterocycles. The summed E-state index contributed by atoms with van der Waals surface area (Å²) in [6.45, 7) is 0.873. The van der Waals surface area contributed by atoms with Crippen LogP contribution >= 0.6 is 9.24 Å². The van der Waals surface area contributed by atoms with Crippen molar-refractivity contribution in [2.45, 2.75) is 17.4 Å². The molecule has 1 fully saturated rings. The Labute approximate surface area is 163 Å². The number of aliphatic hydroxyl groups is 2. The third-order valence-electron chi connectivity index (χ3n) is 5.33. The predicted molar refractivity (Wildman–Crippen MR) is 102 cm³/mol. The fraction of sp³-hybridized carbons (Fsp3) is 0.350. The summed E-state index contributed by atoms with van der Waals surface area (Å²) in [6, 6.07) is 11.0. The Morgan fingerprint density at radius 2 is 1.89 bits per heavy atom. The molecule has 4 rings (SSSR count). The van der Waals surface area contributed by atoms with Crippen LogP contribution in [0.4, 0.5) is 8.78 Å². The van der Waals surface area contributed by atoms with Gasteiger partial charge >= 0.3 is 0 Å². The van der Waals surface area contributed by atoms with Gasteiger partial charge in [-0.25, -0.2) is 0 Å². The van der Waals surface area contributed by atoms with Crippen molar-refractivity contribution in [2.75, 3.05) is 26.3 Å². The number of carbonyl (C=O) groups excluding carboxylic acids is 1. The van der Waals surface area contributed by atoms with Crippen molar-refractivity contribution in [3.8, 4) is 11.1 Å². The maximum Gasteiger partial charge on any atom is 0.295 e. The van der Waals surface area contributed by atoms with Crippen LogP contribution in [0.25, 0.3) is 11.1 Å². The van der Waals surface area contributed by atoms with Gasteiger partial charge in [-0.15, -0.1) is 0 Å². The predicted octanol–water partition coefficient (Wildman–Crippen LogP) is 2.20. The van der Waals surface area contributed by atoms with Crippen molar-refractivity contribution in [1.82, 2.24) is 4.90 Å². The highest BCUT2D eigenvalue weighted by atomic mass is 31.0. The minimum Gasteiger partial charge on any atom is -0.394 e. The molecule has 8 heteroatoms. The molecule has 2 unspecified atom stereocenters. The molecule has 0 bridgehead atoms. The van der Waals surface area contributed by atoms with E-state index < -0.39 is 11.3 Å². The topological polar surface area (TPSA) is 70.0 Å². The van der Waals surface area contributed by atoms with Crippen molar-refractivity contribution in [3.05, 3.63) is 59.2 Å². The lowest BCUT2D eigenvalue weighted by Crippen LogP contribution is -2.55. The van der Waals surface area contributed by atoms with Crippen molar-refractivity contribution < 1.29 is 28.5 Å². The molecular weight excluding hydrogens is 387 g/mol. The van der Waals surface area contributed by atoms with E-state index in [9.17, 15) is 18.7 Å². The number of rotatable bonds is 5. The van der Waals surface area contributed by atoms with Crippen molar-refractivity contribution in [2.24, 2.45) is 0 Å². The van der Waals surface area contributed by atoms with Crippen molar-refractivity contribution in [3.63, 3.8) is 0 Å². The fourth-order valence-corrected chi connectivity index (χ4v) is 4.17. The van der Waals surface area contributed by atoms with E-state index in [2.05, 4.69) is 0 Å². The third-order valence-corrected chi connectivity index (χ3v) is 5.74. The molecule has 2 aromatic carbocycles. The summed E-state index contributed by atoms with van der Waals surface area (Å²) in [5.41, 5.74) is -4.64. The van der Waals surface area contributed by atoms with E-state index in [0.717, 1.165) is 0 Å². The van der Waals surface area contributed by atoms with Crippen LogP contribution in [-0.2, 0) is 10.3 Å². The van der Waals surface area contributed by atoms with Crippen LogP contribution < -0.4 is 0 Å². The first-order valence-electron chi connectivity index (χ1n) is 8.92. The molecule has 1 aliphatic carbocycles. The van der Waals surface area contributed by atoms with Crippen LogP contribution in [0.15, 0.2) is 42.5 Å². The number of hydrogen-bond acceptors (Lipinski definition) is 4. The molecular formula is C20H20F2NO4P. The molecule has 1 saturated heterocycles. The quantitative estimate of drug-likeness (QED) is 0.746. The van der Waals surface area contributed by atoms with Crippen LogP contribution in [-0.4, -0.2) is 59.1 Å². The summed E-state index contributed by atoms with van der Waals surface area (Å²) in [5.74, 6) is -0.308. The van der Waals surface area contributed by atoms with Crippen LogP contribution in [0.5, 0.6) is 0 Å². The molecule has 0 aromatic heterocycles. The van der Waals surface area contributed by atoms with E-state index in [1.54, 1.807) is 35.2 Å². The first-order chi connectivity index (χ1) is 13.3.